The van der Waals surface area contributed by atoms with Crippen LogP contribution in [0.3, 0.4) is 0 Å². The number of aryl methyl sites for hydroxylation is 2. The maximum Gasteiger partial charge on any atom is 0.266 e. The molecule has 0 aliphatic carbocycles. The molecule has 3 rings (SSSR count). The van der Waals surface area contributed by atoms with Gasteiger partial charge in [-0.3, -0.25) is 4.79 Å². The molecule has 134 valence electrons. The number of hydrogen-bond donors (Lipinski definition) is 1. The van der Waals surface area contributed by atoms with E-state index in [0.29, 0.717) is 5.69 Å². The Labute approximate surface area is 158 Å². The zero-order valence-electron chi connectivity index (χ0n) is 15.5. The molecule has 0 heterocycles. The number of methoxy groups -OCH3 is 1. The van der Waals surface area contributed by atoms with E-state index >= 15 is 0 Å². The second-order valence-electron chi connectivity index (χ2n) is 6.34. The van der Waals surface area contributed by atoms with Gasteiger partial charge in [-0.25, -0.2) is 0 Å². The molecule has 0 radical (unpaired) electrons. The molecule has 3 aromatic rings. The summed E-state index contributed by atoms with van der Waals surface area (Å²) < 4.78 is 5.40. The van der Waals surface area contributed by atoms with Gasteiger partial charge in [0.1, 0.15) is 17.4 Å². The number of hydrogen-bond acceptors (Lipinski definition) is 3. The first-order valence-electron chi connectivity index (χ1n) is 8.59. The summed E-state index contributed by atoms with van der Waals surface area (Å²) in [4.78, 5) is 12.6. The molecule has 4 nitrogen and oxygen atoms in total. The highest BCUT2D eigenvalue weighted by molar-refractivity contribution is 6.11. The van der Waals surface area contributed by atoms with Crippen molar-refractivity contribution in [2.75, 3.05) is 12.4 Å². The van der Waals surface area contributed by atoms with Gasteiger partial charge in [-0.1, -0.05) is 42.5 Å². The van der Waals surface area contributed by atoms with Crippen molar-refractivity contribution in [3.05, 3.63) is 76.9 Å². The van der Waals surface area contributed by atoms with E-state index in [1.165, 1.54) is 0 Å². The quantitative estimate of drug-likeness (QED) is 0.528. The minimum atomic E-state index is -0.425. The van der Waals surface area contributed by atoms with Gasteiger partial charge in [-0.2, -0.15) is 5.26 Å². The Morgan fingerprint density at radius 2 is 1.81 bits per heavy atom. The van der Waals surface area contributed by atoms with E-state index in [1.807, 2.05) is 74.5 Å². The van der Waals surface area contributed by atoms with E-state index in [1.54, 1.807) is 13.2 Å². The van der Waals surface area contributed by atoms with Crippen molar-refractivity contribution in [3.8, 4) is 11.8 Å². The minimum Gasteiger partial charge on any atom is -0.496 e. The summed E-state index contributed by atoms with van der Waals surface area (Å²) >= 11 is 0. The highest BCUT2D eigenvalue weighted by Crippen LogP contribution is 2.29. The second-order valence-corrected chi connectivity index (χ2v) is 6.34. The number of carbonyl (C=O) groups excluding carboxylic acids is 1. The van der Waals surface area contributed by atoms with Gasteiger partial charge in [0.2, 0.25) is 0 Å². The Morgan fingerprint density at radius 3 is 2.52 bits per heavy atom. The van der Waals surface area contributed by atoms with Gasteiger partial charge in [-0.05, 0) is 54.1 Å². The molecule has 3 aromatic carbocycles. The molecule has 1 N–H and O–H groups in total. The largest absolute Gasteiger partial charge is 0.496 e. The predicted molar refractivity (Wildman–Crippen MR) is 109 cm³/mol. The lowest BCUT2D eigenvalue weighted by atomic mass is 10.0. The molecule has 0 spiro atoms. The first-order chi connectivity index (χ1) is 13.0. The molecule has 0 atom stereocenters. The summed E-state index contributed by atoms with van der Waals surface area (Å²) in [5, 5.41) is 14.2. The average molecular weight is 356 g/mol. The van der Waals surface area contributed by atoms with Gasteiger partial charge in [0, 0.05) is 11.1 Å². The SMILES string of the molecule is COc1ccc(C=C(C#N)C(=O)Nc2cc(C)ccc2C)c2ccccc12. The maximum absolute atomic E-state index is 12.6. The Balaban J connectivity index is 2.00. The van der Waals surface area contributed by atoms with Crippen molar-refractivity contribution in [1.29, 1.82) is 5.26 Å². The van der Waals surface area contributed by atoms with Crippen molar-refractivity contribution < 1.29 is 9.53 Å². The van der Waals surface area contributed by atoms with Crippen molar-refractivity contribution >= 4 is 28.4 Å². The Bertz CT molecular complexity index is 1090. The van der Waals surface area contributed by atoms with E-state index in [9.17, 15) is 10.1 Å². The third kappa shape index (κ3) is 3.83. The molecule has 0 saturated carbocycles. The van der Waals surface area contributed by atoms with Gasteiger partial charge in [0.25, 0.3) is 5.91 Å². The smallest absolute Gasteiger partial charge is 0.266 e. The fourth-order valence-corrected chi connectivity index (χ4v) is 2.96. The number of carbonyl (C=O) groups is 1. The molecule has 0 bridgehead atoms. The Hall–Kier alpha value is -3.58. The van der Waals surface area contributed by atoms with Crippen LogP contribution in [0.15, 0.2) is 60.2 Å². The van der Waals surface area contributed by atoms with Gasteiger partial charge in [0.15, 0.2) is 0 Å². The number of benzene rings is 3. The fourth-order valence-electron chi connectivity index (χ4n) is 2.96. The first-order valence-corrected chi connectivity index (χ1v) is 8.59. The fraction of sp³-hybridized carbons (Fsp3) is 0.130. The Morgan fingerprint density at radius 1 is 1.07 bits per heavy atom. The van der Waals surface area contributed by atoms with E-state index in [4.69, 9.17) is 4.74 Å². The van der Waals surface area contributed by atoms with Crippen LogP contribution in [-0.4, -0.2) is 13.0 Å². The highest BCUT2D eigenvalue weighted by atomic mass is 16.5. The molecule has 0 fully saturated rings. The van der Waals surface area contributed by atoms with Crippen LogP contribution in [0.5, 0.6) is 5.75 Å². The number of nitrogens with one attached hydrogen (secondary N) is 1. The lowest BCUT2D eigenvalue weighted by Gasteiger charge is -2.10. The van der Waals surface area contributed by atoms with E-state index in [2.05, 4.69) is 5.32 Å². The molecular formula is C23H20N2O2. The second kappa shape index (κ2) is 7.76. The molecule has 0 unspecified atom stereocenters. The minimum absolute atomic E-state index is 0.0474. The lowest BCUT2D eigenvalue weighted by molar-refractivity contribution is -0.112. The van der Waals surface area contributed by atoms with Crippen molar-refractivity contribution in [2.24, 2.45) is 0 Å². The number of amides is 1. The summed E-state index contributed by atoms with van der Waals surface area (Å²) in [5.74, 6) is 0.326. The average Bonchev–Trinajstić information content (AvgIpc) is 2.68. The normalized spacial score (nSPS) is 11.1. The van der Waals surface area contributed by atoms with Gasteiger partial charge < -0.3 is 10.1 Å². The molecule has 0 saturated heterocycles. The Kier molecular flexibility index (Phi) is 5.23. The van der Waals surface area contributed by atoms with Crippen LogP contribution in [-0.2, 0) is 4.79 Å². The molecule has 0 aliphatic rings. The van der Waals surface area contributed by atoms with Crippen LogP contribution in [0.1, 0.15) is 16.7 Å². The van der Waals surface area contributed by atoms with Crippen LogP contribution < -0.4 is 10.1 Å². The van der Waals surface area contributed by atoms with Crippen molar-refractivity contribution in [2.45, 2.75) is 13.8 Å². The molecular weight excluding hydrogens is 336 g/mol. The standard InChI is InChI=1S/C23H20N2O2/c1-15-8-9-16(2)21(12-15)25-23(26)18(14-24)13-17-10-11-22(27-3)20-7-5-4-6-19(17)20/h4-13H,1-3H3,(H,25,26). The number of fused-ring (bicyclic) bond motifs is 1. The maximum atomic E-state index is 12.6. The van der Waals surface area contributed by atoms with E-state index in [-0.39, 0.29) is 5.57 Å². The molecule has 0 aromatic heterocycles. The summed E-state index contributed by atoms with van der Waals surface area (Å²) in [6.07, 6.45) is 1.61. The molecule has 0 aliphatic heterocycles. The summed E-state index contributed by atoms with van der Waals surface area (Å²) in [5.41, 5.74) is 3.53. The summed E-state index contributed by atoms with van der Waals surface area (Å²) in [6, 6.07) is 19.3. The number of nitrogens with zero attached hydrogens (tertiary/aromatic N) is 1. The molecule has 4 heteroatoms. The highest BCUT2D eigenvalue weighted by Gasteiger charge is 2.13. The van der Waals surface area contributed by atoms with Gasteiger partial charge >= 0.3 is 0 Å². The monoisotopic (exact) mass is 356 g/mol. The van der Waals surface area contributed by atoms with Gasteiger partial charge in [-0.15, -0.1) is 0 Å². The summed E-state index contributed by atoms with van der Waals surface area (Å²) in [7, 11) is 1.62. The lowest BCUT2D eigenvalue weighted by Crippen LogP contribution is -2.14. The van der Waals surface area contributed by atoms with Gasteiger partial charge in [0.05, 0.1) is 7.11 Å². The zero-order valence-corrected chi connectivity index (χ0v) is 15.5. The number of nitriles is 1. The molecule has 27 heavy (non-hydrogen) atoms. The van der Waals surface area contributed by atoms with Crippen LogP contribution in [0.4, 0.5) is 5.69 Å². The van der Waals surface area contributed by atoms with E-state index in [0.717, 1.165) is 33.2 Å². The summed E-state index contributed by atoms with van der Waals surface area (Å²) in [6.45, 7) is 3.88. The first kappa shape index (κ1) is 18.2. The predicted octanol–water partition coefficient (Wildman–Crippen LogP) is 5.01. The third-order valence-corrected chi connectivity index (χ3v) is 4.44. The van der Waals surface area contributed by atoms with Crippen molar-refractivity contribution in [3.63, 3.8) is 0 Å². The molecule has 1 amide bonds. The number of ether oxygens (including phenoxy) is 1. The van der Waals surface area contributed by atoms with E-state index < -0.39 is 5.91 Å². The van der Waals surface area contributed by atoms with Crippen LogP contribution in [0, 0.1) is 25.2 Å². The zero-order chi connectivity index (χ0) is 19.4. The van der Waals surface area contributed by atoms with Crippen LogP contribution >= 0.6 is 0 Å². The number of anilines is 1. The number of rotatable bonds is 4. The van der Waals surface area contributed by atoms with Crippen molar-refractivity contribution in [1.82, 2.24) is 0 Å². The van der Waals surface area contributed by atoms with Crippen LogP contribution in [0.2, 0.25) is 0 Å². The van der Waals surface area contributed by atoms with Crippen LogP contribution in [0.25, 0.3) is 16.8 Å². The topological polar surface area (TPSA) is 62.1 Å². The third-order valence-electron chi connectivity index (χ3n) is 4.44.